The van der Waals surface area contributed by atoms with Gasteiger partial charge < -0.3 is 4.79 Å². The van der Waals surface area contributed by atoms with Crippen LogP contribution in [-0.4, -0.2) is 6.29 Å². The van der Waals surface area contributed by atoms with Crippen LogP contribution in [0, 0.1) is 11.3 Å². The zero-order valence-corrected chi connectivity index (χ0v) is 9.34. The lowest BCUT2D eigenvalue weighted by molar-refractivity contribution is -0.108. The lowest BCUT2D eigenvalue weighted by Gasteiger charge is -2.18. The monoisotopic (exact) mass is 182 g/mol. The molecule has 0 fully saturated rings. The molecule has 76 valence electrons. The maximum Gasteiger partial charge on any atom is 0.120 e. The fourth-order valence-corrected chi connectivity index (χ4v) is 1.17. The molecular formula is C12H22O. The summed E-state index contributed by atoms with van der Waals surface area (Å²) in [7, 11) is 0. The molecule has 0 spiro atoms. The number of carbonyl (C=O) groups excluding carboxylic acids is 1. The number of hydrogen-bond acceptors (Lipinski definition) is 1. The molecule has 0 amide bonds. The Morgan fingerprint density at radius 3 is 2.38 bits per heavy atom. The summed E-state index contributed by atoms with van der Waals surface area (Å²) in [4.78, 5) is 10.2. The Balaban J connectivity index is 3.85. The summed E-state index contributed by atoms with van der Waals surface area (Å²) in [6, 6.07) is 0. The molecule has 0 saturated heterocycles. The van der Waals surface area contributed by atoms with Crippen LogP contribution in [-0.2, 0) is 4.79 Å². The molecule has 1 nitrogen and oxygen atoms in total. The third kappa shape index (κ3) is 7.76. The lowest BCUT2D eigenvalue weighted by Crippen LogP contribution is -2.07. The minimum Gasteiger partial charge on any atom is -0.303 e. The van der Waals surface area contributed by atoms with Gasteiger partial charge in [0.05, 0.1) is 0 Å². The van der Waals surface area contributed by atoms with E-state index in [2.05, 4.69) is 39.8 Å². The second kappa shape index (κ2) is 5.95. The largest absolute Gasteiger partial charge is 0.303 e. The highest BCUT2D eigenvalue weighted by atomic mass is 16.1. The van der Waals surface area contributed by atoms with Gasteiger partial charge in [0, 0.05) is 6.42 Å². The molecule has 0 aromatic heterocycles. The molecule has 13 heavy (non-hydrogen) atoms. The van der Waals surface area contributed by atoms with Gasteiger partial charge in [-0.1, -0.05) is 39.8 Å². The van der Waals surface area contributed by atoms with Crippen molar-refractivity contribution in [3.63, 3.8) is 0 Å². The van der Waals surface area contributed by atoms with E-state index in [1.165, 1.54) is 0 Å². The van der Waals surface area contributed by atoms with E-state index < -0.39 is 0 Å². The first-order valence-corrected chi connectivity index (χ1v) is 5.09. The van der Waals surface area contributed by atoms with Crippen LogP contribution in [0.3, 0.4) is 0 Å². The molecule has 0 saturated carbocycles. The van der Waals surface area contributed by atoms with Crippen LogP contribution in [0.5, 0.6) is 0 Å². The first kappa shape index (κ1) is 12.4. The van der Waals surface area contributed by atoms with E-state index in [-0.39, 0.29) is 5.41 Å². The first-order chi connectivity index (χ1) is 5.98. The van der Waals surface area contributed by atoms with Crippen molar-refractivity contribution in [2.75, 3.05) is 0 Å². The minimum absolute atomic E-state index is 0.176. The minimum atomic E-state index is 0.176. The standard InChI is InChI=1S/C12H22O/c1-11(2)7-5-8-12(3,4)9-6-10-13/h5,8,10-11H,6-7,9H2,1-4H3. The Labute approximate surface area is 82.2 Å². The van der Waals surface area contributed by atoms with E-state index in [0.29, 0.717) is 6.42 Å². The van der Waals surface area contributed by atoms with Gasteiger partial charge in [-0.3, -0.25) is 0 Å². The van der Waals surface area contributed by atoms with Crippen LogP contribution in [0.2, 0.25) is 0 Å². The van der Waals surface area contributed by atoms with Gasteiger partial charge in [-0.05, 0) is 24.2 Å². The Morgan fingerprint density at radius 2 is 1.92 bits per heavy atom. The molecule has 0 aliphatic heterocycles. The highest BCUT2D eigenvalue weighted by Crippen LogP contribution is 2.23. The Bertz CT molecular complexity index is 166. The molecule has 0 heterocycles. The van der Waals surface area contributed by atoms with Crippen molar-refractivity contribution in [1.82, 2.24) is 0 Å². The van der Waals surface area contributed by atoms with Crippen LogP contribution in [0.15, 0.2) is 12.2 Å². The maximum absolute atomic E-state index is 10.2. The zero-order chi connectivity index (χ0) is 10.3. The van der Waals surface area contributed by atoms with Gasteiger partial charge in [0.1, 0.15) is 6.29 Å². The van der Waals surface area contributed by atoms with E-state index in [1.54, 1.807) is 0 Å². The number of aldehydes is 1. The molecule has 0 rings (SSSR count). The molecular weight excluding hydrogens is 160 g/mol. The van der Waals surface area contributed by atoms with E-state index in [0.717, 1.165) is 25.0 Å². The Kier molecular flexibility index (Phi) is 5.68. The SMILES string of the molecule is CC(C)CC=CC(C)(C)CCC=O. The third-order valence-corrected chi connectivity index (χ3v) is 2.08. The van der Waals surface area contributed by atoms with E-state index >= 15 is 0 Å². The number of hydrogen-bond donors (Lipinski definition) is 0. The Hall–Kier alpha value is -0.590. The number of carbonyl (C=O) groups is 1. The highest BCUT2D eigenvalue weighted by molar-refractivity contribution is 5.49. The van der Waals surface area contributed by atoms with Crippen molar-refractivity contribution in [1.29, 1.82) is 0 Å². The van der Waals surface area contributed by atoms with Gasteiger partial charge in [0.2, 0.25) is 0 Å². The molecule has 0 N–H and O–H groups in total. The van der Waals surface area contributed by atoms with Crippen molar-refractivity contribution in [3.8, 4) is 0 Å². The third-order valence-electron chi connectivity index (χ3n) is 2.08. The predicted octanol–water partition coefficient (Wildman–Crippen LogP) is 3.59. The van der Waals surface area contributed by atoms with Gasteiger partial charge in [-0.25, -0.2) is 0 Å². The van der Waals surface area contributed by atoms with Crippen LogP contribution >= 0.6 is 0 Å². The smallest absolute Gasteiger partial charge is 0.120 e. The molecule has 1 heteroatoms. The average Bonchev–Trinajstić information content (AvgIpc) is 2.00. The normalized spacial score (nSPS) is 12.7. The predicted molar refractivity (Wildman–Crippen MR) is 57.7 cm³/mol. The topological polar surface area (TPSA) is 17.1 Å². The number of rotatable bonds is 6. The first-order valence-electron chi connectivity index (χ1n) is 5.09. The summed E-state index contributed by atoms with van der Waals surface area (Å²) >= 11 is 0. The molecule has 0 radical (unpaired) electrons. The fourth-order valence-electron chi connectivity index (χ4n) is 1.17. The summed E-state index contributed by atoms with van der Waals surface area (Å²) in [6.45, 7) is 8.77. The fraction of sp³-hybridized carbons (Fsp3) is 0.750. The van der Waals surface area contributed by atoms with Crippen molar-refractivity contribution in [2.45, 2.75) is 47.0 Å². The van der Waals surface area contributed by atoms with Gasteiger partial charge in [-0.2, -0.15) is 0 Å². The van der Waals surface area contributed by atoms with Crippen molar-refractivity contribution in [2.24, 2.45) is 11.3 Å². The van der Waals surface area contributed by atoms with Crippen molar-refractivity contribution < 1.29 is 4.79 Å². The number of allylic oxidation sites excluding steroid dienone is 2. The molecule has 0 aromatic rings. The maximum atomic E-state index is 10.2. The summed E-state index contributed by atoms with van der Waals surface area (Å²) in [5.41, 5.74) is 0.176. The van der Waals surface area contributed by atoms with Gasteiger partial charge in [-0.15, -0.1) is 0 Å². The van der Waals surface area contributed by atoms with E-state index in [1.807, 2.05) is 0 Å². The van der Waals surface area contributed by atoms with Crippen LogP contribution in [0.4, 0.5) is 0 Å². The molecule has 0 unspecified atom stereocenters. The summed E-state index contributed by atoms with van der Waals surface area (Å²) in [5, 5.41) is 0. The summed E-state index contributed by atoms with van der Waals surface area (Å²) in [6.07, 6.45) is 8.21. The van der Waals surface area contributed by atoms with Gasteiger partial charge in [0.15, 0.2) is 0 Å². The Morgan fingerprint density at radius 1 is 1.31 bits per heavy atom. The van der Waals surface area contributed by atoms with Crippen molar-refractivity contribution >= 4 is 6.29 Å². The van der Waals surface area contributed by atoms with E-state index in [9.17, 15) is 4.79 Å². The second-order valence-electron chi connectivity index (χ2n) is 4.73. The average molecular weight is 182 g/mol. The lowest BCUT2D eigenvalue weighted by atomic mass is 9.87. The highest BCUT2D eigenvalue weighted by Gasteiger charge is 2.12. The second-order valence-corrected chi connectivity index (χ2v) is 4.73. The molecule has 0 aliphatic rings. The van der Waals surface area contributed by atoms with Gasteiger partial charge in [0.25, 0.3) is 0 Å². The summed E-state index contributed by atoms with van der Waals surface area (Å²) < 4.78 is 0. The molecule has 0 atom stereocenters. The summed E-state index contributed by atoms with van der Waals surface area (Å²) in [5.74, 6) is 0.720. The van der Waals surface area contributed by atoms with Crippen molar-refractivity contribution in [3.05, 3.63) is 12.2 Å². The zero-order valence-electron chi connectivity index (χ0n) is 9.34. The van der Waals surface area contributed by atoms with Gasteiger partial charge >= 0.3 is 0 Å². The molecule has 0 aliphatic carbocycles. The van der Waals surface area contributed by atoms with Crippen LogP contribution in [0.1, 0.15) is 47.0 Å². The van der Waals surface area contributed by atoms with Crippen LogP contribution < -0.4 is 0 Å². The quantitative estimate of drug-likeness (QED) is 0.453. The molecule has 0 aromatic carbocycles. The van der Waals surface area contributed by atoms with Crippen LogP contribution in [0.25, 0.3) is 0 Å². The molecule has 0 bridgehead atoms. The van der Waals surface area contributed by atoms with E-state index in [4.69, 9.17) is 0 Å².